The van der Waals surface area contributed by atoms with Crippen LogP contribution in [0.15, 0.2) is 73.3 Å². The number of carbonyl (C=O) groups is 1. The minimum Gasteiger partial charge on any atom is -0.506 e. The van der Waals surface area contributed by atoms with Crippen LogP contribution in [-0.4, -0.2) is 16.1 Å². The van der Waals surface area contributed by atoms with Crippen molar-refractivity contribution >= 4 is 17.5 Å². The van der Waals surface area contributed by atoms with E-state index in [1.807, 2.05) is 55.5 Å². The van der Waals surface area contributed by atoms with Crippen molar-refractivity contribution in [3.8, 4) is 33.8 Å². The average molecular weight is 410 g/mol. The molecule has 5 heteroatoms. The van der Waals surface area contributed by atoms with E-state index in [-0.39, 0.29) is 28.8 Å². The van der Waals surface area contributed by atoms with Crippen molar-refractivity contribution < 1.29 is 15.0 Å². The monoisotopic (exact) mass is 409 g/mol. The maximum absolute atomic E-state index is 11.3. The lowest BCUT2D eigenvalue weighted by molar-refractivity contribution is -0.117. The number of rotatable bonds is 5. The summed E-state index contributed by atoms with van der Waals surface area (Å²) in [5, 5.41) is 19.7. The van der Waals surface area contributed by atoms with Crippen LogP contribution in [0, 0.1) is 0 Å². The fourth-order valence-electron chi connectivity index (χ4n) is 2.90. The van der Waals surface area contributed by atoms with Crippen molar-refractivity contribution in [2.24, 2.45) is 5.73 Å². The molecule has 0 atom stereocenters. The SMILES string of the molecule is C=CC.NC(=O)CCc1cc(-c2ccccc2)ccc1-c1cc(O)c(Cl)c(O)c1. The number of phenols is 2. The summed E-state index contributed by atoms with van der Waals surface area (Å²) < 4.78 is 0. The van der Waals surface area contributed by atoms with E-state index in [1.54, 1.807) is 6.08 Å². The number of allylic oxidation sites excluding steroid dienone is 1. The minimum atomic E-state index is -0.386. The van der Waals surface area contributed by atoms with Crippen molar-refractivity contribution in [1.82, 2.24) is 0 Å². The zero-order chi connectivity index (χ0) is 21.4. The number of nitrogens with two attached hydrogens (primary N) is 1. The molecule has 0 aromatic heterocycles. The van der Waals surface area contributed by atoms with Gasteiger partial charge < -0.3 is 15.9 Å². The molecule has 150 valence electrons. The lowest BCUT2D eigenvalue weighted by atomic mass is 9.92. The highest BCUT2D eigenvalue weighted by Gasteiger charge is 2.13. The summed E-state index contributed by atoms with van der Waals surface area (Å²) in [6.07, 6.45) is 2.41. The zero-order valence-corrected chi connectivity index (χ0v) is 17.0. The van der Waals surface area contributed by atoms with Gasteiger partial charge in [-0.15, -0.1) is 6.58 Å². The number of benzene rings is 3. The van der Waals surface area contributed by atoms with E-state index < -0.39 is 0 Å². The molecule has 0 aliphatic carbocycles. The van der Waals surface area contributed by atoms with Gasteiger partial charge >= 0.3 is 0 Å². The number of hydrogen-bond donors (Lipinski definition) is 3. The van der Waals surface area contributed by atoms with Gasteiger partial charge in [-0.25, -0.2) is 0 Å². The summed E-state index contributed by atoms with van der Waals surface area (Å²) in [4.78, 5) is 11.3. The highest BCUT2D eigenvalue weighted by molar-refractivity contribution is 6.33. The fraction of sp³-hybridized carbons (Fsp3) is 0.125. The first kappa shape index (κ1) is 22.1. The summed E-state index contributed by atoms with van der Waals surface area (Å²) >= 11 is 5.82. The average Bonchev–Trinajstić information content (AvgIpc) is 2.71. The topological polar surface area (TPSA) is 83.6 Å². The summed E-state index contributed by atoms with van der Waals surface area (Å²) in [6.45, 7) is 5.25. The van der Waals surface area contributed by atoms with Crippen LogP contribution in [0.2, 0.25) is 5.02 Å². The molecule has 3 aromatic carbocycles. The van der Waals surface area contributed by atoms with Gasteiger partial charge in [0.25, 0.3) is 0 Å². The Balaban J connectivity index is 0.000000941. The summed E-state index contributed by atoms with van der Waals surface area (Å²) in [6, 6.07) is 18.7. The Kier molecular flexibility index (Phi) is 7.87. The van der Waals surface area contributed by atoms with E-state index in [0.29, 0.717) is 12.0 Å². The largest absolute Gasteiger partial charge is 0.506 e. The molecule has 1 amide bonds. The minimum absolute atomic E-state index is 0.0895. The molecular weight excluding hydrogens is 386 g/mol. The van der Waals surface area contributed by atoms with Gasteiger partial charge in [0.1, 0.15) is 16.5 Å². The van der Waals surface area contributed by atoms with Gasteiger partial charge in [0.2, 0.25) is 5.91 Å². The van der Waals surface area contributed by atoms with Gasteiger partial charge in [-0.3, -0.25) is 4.79 Å². The van der Waals surface area contributed by atoms with Crippen LogP contribution >= 0.6 is 11.6 Å². The van der Waals surface area contributed by atoms with Crippen LogP contribution in [-0.2, 0) is 11.2 Å². The van der Waals surface area contributed by atoms with Crippen LogP contribution in [0.4, 0.5) is 0 Å². The number of hydrogen-bond acceptors (Lipinski definition) is 3. The molecule has 3 rings (SSSR count). The van der Waals surface area contributed by atoms with Crippen molar-refractivity contribution in [1.29, 1.82) is 0 Å². The summed E-state index contributed by atoms with van der Waals surface area (Å²) in [7, 11) is 0. The molecule has 0 unspecified atom stereocenters. The fourth-order valence-corrected chi connectivity index (χ4v) is 3.01. The lowest BCUT2D eigenvalue weighted by Crippen LogP contribution is -2.11. The van der Waals surface area contributed by atoms with E-state index in [0.717, 1.165) is 22.3 Å². The van der Waals surface area contributed by atoms with E-state index in [4.69, 9.17) is 17.3 Å². The third kappa shape index (κ3) is 5.87. The highest BCUT2D eigenvalue weighted by atomic mass is 35.5. The standard InChI is InChI=1S/C21H18ClNO3.C3H6/c22-21-18(24)11-16(12-19(21)25)17-8-6-14(13-4-2-1-3-5-13)10-15(17)7-9-20(23)26;1-3-2/h1-6,8,10-12,24-25H,7,9H2,(H2,23,26);3H,1H2,2H3. The predicted molar refractivity (Wildman–Crippen MR) is 119 cm³/mol. The molecule has 0 radical (unpaired) electrons. The van der Waals surface area contributed by atoms with E-state index in [9.17, 15) is 15.0 Å². The second-order valence-corrected chi connectivity index (χ2v) is 6.82. The molecule has 0 aliphatic heterocycles. The lowest BCUT2D eigenvalue weighted by Gasteiger charge is -2.13. The molecule has 0 bridgehead atoms. The van der Waals surface area contributed by atoms with Crippen molar-refractivity contribution in [2.45, 2.75) is 19.8 Å². The Hall–Kier alpha value is -3.24. The number of carbonyl (C=O) groups excluding carboxylic acids is 1. The Morgan fingerprint density at radius 1 is 1.00 bits per heavy atom. The van der Waals surface area contributed by atoms with Gasteiger partial charge in [-0.2, -0.15) is 0 Å². The third-order valence-corrected chi connectivity index (χ3v) is 4.59. The molecule has 0 saturated heterocycles. The normalized spacial score (nSPS) is 10.0. The predicted octanol–water partition coefficient (Wildman–Crippen LogP) is 5.70. The highest BCUT2D eigenvalue weighted by Crippen LogP contribution is 2.39. The van der Waals surface area contributed by atoms with Crippen LogP contribution in [0.3, 0.4) is 0 Å². The van der Waals surface area contributed by atoms with Crippen molar-refractivity contribution in [3.63, 3.8) is 0 Å². The second-order valence-electron chi connectivity index (χ2n) is 6.44. The maximum Gasteiger partial charge on any atom is 0.217 e. The third-order valence-electron chi connectivity index (χ3n) is 4.20. The first-order valence-corrected chi connectivity index (χ1v) is 9.50. The van der Waals surface area contributed by atoms with Crippen LogP contribution in [0.25, 0.3) is 22.3 Å². The Morgan fingerprint density at radius 3 is 2.14 bits per heavy atom. The molecule has 0 heterocycles. The van der Waals surface area contributed by atoms with Crippen molar-refractivity contribution in [2.75, 3.05) is 0 Å². The molecule has 0 fully saturated rings. The number of phenolic OH excluding ortho intramolecular Hbond substituents is 2. The summed E-state index contributed by atoms with van der Waals surface area (Å²) in [5.74, 6) is -0.785. The molecule has 29 heavy (non-hydrogen) atoms. The number of primary amides is 1. The zero-order valence-electron chi connectivity index (χ0n) is 16.2. The van der Waals surface area contributed by atoms with E-state index in [1.165, 1.54) is 12.1 Å². The van der Waals surface area contributed by atoms with Gasteiger partial charge in [-0.05, 0) is 53.3 Å². The quantitative estimate of drug-likeness (QED) is 0.473. The second kappa shape index (κ2) is 10.3. The molecule has 0 saturated carbocycles. The smallest absolute Gasteiger partial charge is 0.217 e. The van der Waals surface area contributed by atoms with Gasteiger partial charge in [-0.1, -0.05) is 66.2 Å². The van der Waals surface area contributed by atoms with Crippen LogP contribution in [0.1, 0.15) is 18.9 Å². The van der Waals surface area contributed by atoms with Gasteiger partial charge in [0.05, 0.1) is 0 Å². The van der Waals surface area contributed by atoms with Gasteiger partial charge in [0.15, 0.2) is 0 Å². The maximum atomic E-state index is 11.3. The number of amides is 1. The summed E-state index contributed by atoms with van der Waals surface area (Å²) in [5.41, 5.74) is 9.69. The molecule has 4 N–H and O–H groups in total. The van der Waals surface area contributed by atoms with E-state index >= 15 is 0 Å². The Labute approximate surface area is 175 Å². The van der Waals surface area contributed by atoms with Crippen LogP contribution < -0.4 is 5.73 Å². The molecular formula is C24H24ClNO3. The van der Waals surface area contributed by atoms with Crippen molar-refractivity contribution in [3.05, 3.63) is 83.9 Å². The number of halogens is 1. The first-order chi connectivity index (χ1) is 13.9. The number of aryl methyl sites for hydroxylation is 1. The van der Waals surface area contributed by atoms with Gasteiger partial charge in [0, 0.05) is 6.42 Å². The number of aromatic hydroxyl groups is 2. The molecule has 3 aromatic rings. The van der Waals surface area contributed by atoms with Crippen LogP contribution in [0.5, 0.6) is 11.5 Å². The van der Waals surface area contributed by atoms with E-state index in [2.05, 4.69) is 6.58 Å². The first-order valence-electron chi connectivity index (χ1n) is 9.13. The Bertz CT molecular complexity index is 977. The molecule has 0 spiro atoms. The molecule has 4 nitrogen and oxygen atoms in total. The Morgan fingerprint density at radius 2 is 1.59 bits per heavy atom. The molecule has 0 aliphatic rings.